The predicted molar refractivity (Wildman–Crippen MR) is 108 cm³/mol. The van der Waals surface area contributed by atoms with Gasteiger partial charge in [0.05, 0.1) is 17.3 Å². The van der Waals surface area contributed by atoms with Crippen molar-refractivity contribution in [1.82, 2.24) is 29.0 Å². The summed E-state index contributed by atoms with van der Waals surface area (Å²) in [5.41, 5.74) is 2.54. The summed E-state index contributed by atoms with van der Waals surface area (Å²) in [7, 11) is -0.770. The summed E-state index contributed by atoms with van der Waals surface area (Å²) >= 11 is 0. The first-order valence-corrected chi connectivity index (χ1v) is 9.56. The molecule has 9 nitrogen and oxygen atoms in total. The van der Waals surface area contributed by atoms with E-state index in [2.05, 4.69) is 25.4 Å². The third-order valence-electron chi connectivity index (χ3n) is 5.40. The molecule has 1 aliphatic carbocycles. The first-order valence-electron chi connectivity index (χ1n) is 11.1. The van der Waals surface area contributed by atoms with Crippen LogP contribution in [0.2, 0.25) is 0 Å². The Bertz CT molecular complexity index is 1250. The van der Waals surface area contributed by atoms with Crippen molar-refractivity contribution in [1.29, 1.82) is 0 Å². The van der Waals surface area contributed by atoms with Crippen LogP contribution in [0.1, 0.15) is 29.8 Å². The van der Waals surface area contributed by atoms with E-state index in [1.54, 1.807) is 24.0 Å². The summed E-state index contributed by atoms with van der Waals surface area (Å²) in [5.74, 6) is 1.54. The minimum Gasteiger partial charge on any atom is -0.479 e. The van der Waals surface area contributed by atoms with Gasteiger partial charge in [0, 0.05) is 55.2 Å². The lowest BCUT2D eigenvalue weighted by molar-refractivity contribution is 0.0681. The van der Waals surface area contributed by atoms with Crippen molar-refractivity contribution in [2.45, 2.75) is 37.8 Å². The lowest BCUT2D eigenvalue weighted by atomic mass is 9.93. The number of ether oxygens (including phenoxy) is 2. The van der Waals surface area contributed by atoms with E-state index in [0.29, 0.717) is 30.4 Å². The Balaban J connectivity index is 1.37. The number of methoxy groups -OCH3 is 2. The van der Waals surface area contributed by atoms with Gasteiger partial charge in [-0.25, -0.2) is 14.5 Å². The predicted octanol–water partition coefficient (Wildman–Crippen LogP) is 2.82. The van der Waals surface area contributed by atoms with Crippen LogP contribution in [0.4, 0.5) is 5.95 Å². The Labute approximate surface area is 171 Å². The topological polar surface area (TPSA) is 90.9 Å². The highest BCUT2D eigenvalue weighted by Crippen LogP contribution is 2.31. The molecule has 0 amide bonds. The van der Waals surface area contributed by atoms with E-state index in [9.17, 15) is 0 Å². The normalized spacial score (nSPS) is 21.6. The Morgan fingerprint density at radius 1 is 1.21 bits per heavy atom. The minimum absolute atomic E-state index is 0.136. The maximum atomic E-state index is 7.27. The lowest BCUT2D eigenvalue weighted by Gasteiger charge is -2.28. The number of imidazole rings is 1. The summed E-state index contributed by atoms with van der Waals surface area (Å²) in [6, 6.07) is 2.09. The van der Waals surface area contributed by atoms with Crippen LogP contribution in [0.15, 0.2) is 37.1 Å². The molecule has 1 aliphatic rings. The van der Waals surface area contributed by atoms with Crippen LogP contribution >= 0.6 is 0 Å². The minimum atomic E-state index is -2.35. The van der Waals surface area contributed by atoms with Gasteiger partial charge in [0.2, 0.25) is 17.6 Å². The standard InChI is InChI=1S/C20H23N7O2/c1-28-15-5-3-14(4-6-15)23-19-24-18(29-2)17-16(7-9-27(17)25-19)13-11-22-20-21-8-10-26(20)12-13/h7-12,14-15H,3-6H2,1-2H3,(H,23,25)/t14-,15+/i1D3. The molecule has 0 bridgehead atoms. The van der Waals surface area contributed by atoms with Crippen LogP contribution in [0, 0.1) is 0 Å². The van der Waals surface area contributed by atoms with Crippen LogP contribution < -0.4 is 10.1 Å². The molecule has 150 valence electrons. The lowest BCUT2D eigenvalue weighted by Crippen LogP contribution is -2.30. The maximum Gasteiger partial charge on any atom is 0.244 e. The molecular formula is C20H23N7O2. The number of aromatic nitrogens is 6. The smallest absolute Gasteiger partial charge is 0.244 e. The van der Waals surface area contributed by atoms with Crippen molar-refractivity contribution < 1.29 is 13.6 Å². The highest BCUT2D eigenvalue weighted by atomic mass is 16.5. The SMILES string of the molecule is [2H]C([2H])([2H])O[C@H]1CC[C@@H](Nc2nc(OC)c3c(-c4cnc5nccn5c4)ccn3n2)CC1. The van der Waals surface area contributed by atoms with E-state index in [-0.39, 0.29) is 12.1 Å². The van der Waals surface area contributed by atoms with Gasteiger partial charge in [-0.1, -0.05) is 0 Å². The summed E-state index contributed by atoms with van der Waals surface area (Å²) in [6.07, 6.45) is 11.8. The Hall–Kier alpha value is -3.20. The fourth-order valence-corrected chi connectivity index (χ4v) is 3.89. The summed E-state index contributed by atoms with van der Waals surface area (Å²) < 4.78 is 36.1. The van der Waals surface area contributed by atoms with E-state index in [0.717, 1.165) is 29.5 Å². The third kappa shape index (κ3) is 3.27. The average Bonchev–Trinajstić information content (AvgIpc) is 3.40. The first kappa shape index (κ1) is 14.7. The Morgan fingerprint density at radius 3 is 2.93 bits per heavy atom. The fraction of sp³-hybridized carbons (Fsp3) is 0.400. The average molecular weight is 396 g/mol. The first-order chi connectivity index (χ1) is 15.4. The number of fused-ring (bicyclic) bond motifs is 2. The van der Waals surface area contributed by atoms with E-state index >= 15 is 0 Å². The van der Waals surface area contributed by atoms with Crippen LogP contribution in [0.25, 0.3) is 22.4 Å². The second-order valence-electron chi connectivity index (χ2n) is 7.18. The molecule has 4 heterocycles. The molecule has 5 rings (SSSR count). The van der Waals surface area contributed by atoms with Crippen LogP contribution in [-0.4, -0.2) is 55.3 Å². The van der Waals surface area contributed by atoms with Crippen LogP contribution in [0.3, 0.4) is 0 Å². The number of nitrogens with zero attached hydrogens (tertiary/aromatic N) is 6. The molecule has 1 N–H and O–H groups in total. The van der Waals surface area contributed by atoms with Gasteiger partial charge in [-0.3, -0.25) is 4.40 Å². The van der Waals surface area contributed by atoms with Crippen molar-refractivity contribution in [3.63, 3.8) is 0 Å². The van der Waals surface area contributed by atoms with E-state index in [4.69, 9.17) is 13.6 Å². The Kier molecular flexibility index (Phi) is 3.72. The number of hydrogen-bond donors (Lipinski definition) is 1. The largest absolute Gasteiger partial charge is 0.479 e. The monoisotopic (exact) mass is 396 g/mol. The van der Waals surface area contributed by atoms with Gasteiger partial charge >= 0.3 is 0 Å². The van der Waals surface area contributed by atoms with Gasteiger partial charge in [-0.15, -0.1) is 5.10 Å². The molecule has 0 aliphatic heterocycles. The van der Waals surface area contributed by atoms with Gasteiger partial charge in [0.15, 0.2) is 0 Å². The summed E-state index contributed by atoms with van der Waals surface area (Å²) in [5, 5.41) is 7.97. The van der Waals surface area contributed by atoms with Crippen molar-refractivity contribution >= 4 is 17.2 Å². The summed E-state index contributed by atoms with van der Waals surface area (Å²) in [6.45, 7) is 0. The molecule has 0 radical (unpaired) electrons. The van der Waals surface area contributed by atoms with Gasteiger partial charge in [0.25, 0.3) is 0 Å². The molecule has 4 aromatic heterocycles. The number of anilines is 1. The second kappa shape index (κ2) is 7.32. The molecule has 0 aromatic carbocycles. The fourth-order valence-electron chi connectivity index (χ4n) is 3.89. The van der Waals surface area contributed by atoms with Gasteiger partial charge in [-0.05, 0) is 31.7 Å². The molecule has 0 atom stereocenters. The van der Waals surface area contributed by atoms with Gasteiger partial charge in [0.1, 0.15) is 5.52 Å². The van der Waals surface area contributed by atoms with E-state index in [1.807, 2.05) is 29.1 Å². The van der Waals surface area contributed by atoms with Crippen molar-refractivity contribution in [3.8, 4) is 17.0 Å². The molecule has 0 spiro atoms. The zero-order valence-corrected chi connectivity index (χ0v) is 15.9. The van der Waals surface area contributed by atoms with E-state index < -0.39 is 7.04 Å². The molecule has 4 aromatic rings. The third-order valence-corrected chi connectivity index (χ3v) is 5.40. The summed E-state index contributed by atoms with van der Waals surface area (Å²) in [4.78, 5) is 13.1. The maximum absolute atomic E-state index is 7.27. The van der Waals surface area contributed by atoms with Gasteiger partial charge in [-0.2, -0.15) is 4.98 Å². The zero-order valence-electron chi connectivity index (χ0n) is 18.9. The number of hydrogen-bond acceptors (Lipinski definition) is 7. The molecule has 0 saturated heterocycles. The molecule has 9 heteroatoms. The van der Waals surface area contributed by atoms with Crippen LogP contribution in [0.5, 0.6) is 5.88 Å². The van der Waals surface area contributed by atoms with Crippen LogP contribution in [-0.2, 0) is 4.74 Å². The highest BCUT2D eigenvalue weighted by Gasteiger charge is 2.22. The molecule has 1 fully saturated rings. The van der Waals surface area contributed by atoms with Gasteiger partial charge < -0.3 is 14.8 Å². The molecule has 0 unspecified atom stereocenters. The second-order valence-corrected chi connectivity index (χ2v) is 7.18. The molecule has 1 saturated carbocycles. The molecular weight excluding hydrogens is 370 g/mol. The van der Waals surface area contributed by atoms with E-state index in [1.165, 1.54) is 0 Å². The van der Waals surface area contributed by atoms with Crippen molar-refractivity contribution in [2.24, 2.45) is 0 Å². The highest BCUT2D eigenvalue weighted by molar-refractivity contribution is 5.84. The van der Waals surface area contributed by atoms with Crippen molar-refractivity contribution in [3.05, 3.63) is 37.1 Å². The van der Waals surface area contributed by atoms with Crippen molar-refractivity contribution in [2.75, 3.05) is 19.5 Å². The number of nitrogens with one attached hydrogen (secondary N) is 1. The molecule has 29 heavy (non-hydrogen) atoms. The number of rotatable bonds is 5. The quantitative estimate of drug-likeness (QED) is 0.555. The Morgan fingerprint density at radius 2 is 2.10 bits per heavy atom. The zero-order chi connectivity index (χ0) is 22.3.